The minimum Gasteiger partial charge on any atom is -0.504 e. The smallest absolute Gasteiger partial charge is 0.312 e. The molecule has 5 fully saturated rings. The summed E-state index contributed by atoms with van der Waals surface area (Å²) in [5, 5.41) is 24.7. The molecule has 2 saturated heterocycles. The fourth-order valence-corrected chi connectivity index (χ4v) is 11.5. The highest BCUT2D eigenvalue weighted by molar-refractivity contribution is 6.35. The van der Waals surface area contributed by atoms with Crippen LogP contribution in [-0.2, 0) is 14.4 Å². The van der Waals surface area contributed by atoms with Crippen LogP contribution in [-0.4, -0.2) is 82.0 Å². The molecule has 3 saturated carbocycles. The van der Waals surface area contributed by atoms with Crippen LogP contribution in [0.2, 0.25) is 0 Å². The third-order valence-electron chi connectivity index (χ3n) is 14.5. The molecular formula is C37H51N3O5. The molecule has 45 heavy (non-hydrogen) atoms. The van der Waals surface area contributed by atoms with E-state index >= 15 is 0 Å². The molecule has 7 aliphatic rings. The molecule has 0 spiro atoms. The molecule has 8 atom stereocenters. The van der Waals surface area contributed by atoms with Crippen molar-refractivity contribution in [3.05, 3.63) is 46.3 Å². The minimum atomic E-state index is -0.933. The van der Waals surface area contributed by atoms with Crippen LogP contribution in [0.1, 0.15) is 86.5 Å². The van der Waals surface area contributed by atoms with Crippen LogP contribution in [0.5, 0.6) is 0 Å². The van der Waals surface area contributed by atoms with E-state index in [0.717, 1.165) is 62.6 Å². The summed E-state index contributed by atoms with van der Waals surface area (Å²) in [7, 11) is 1.98. The second kappa shape index (κ2) is 9.43. The Morgan fingerprint density at radius 2 is 1.67 bits per heavy atom. The Labute approximate surface area is 267 Å². The van der Waals surface area contributed by atoms with Crippen molar-refractivity contribution in [3.8, 4) is 0 Å². The topological polar surface area (TPSA) is 110 Å². The normalized spacial score (nSPS) is 45.8. The summed E-state index contributed by atoms with van der Waals surface area (Å²) < 4.78 is 0. The van der Waals surface area contributed by atoms with Crippen LogP contribution in [0.15, 0.2) is 46.3 Å². The van der Waals surface area contributed by atoms with Crippen LogP contribution in [0.3, 0.4) is 0 Å². The maximum Gasteiger partial charge on any atom is 0.312 e. The van der Waals surface area contributed by atoms with Gasteiger partial charge in [0.1, 0.15) is 5.60 Å². The number of nitrogens with zero attached hydrogens (tertiary/aromatic N) is 2. The molecule has 5 aliphatic carbocycles. The largest absolute Gasteiger partial charge is 0.504 e. The molecule has 0 radical (unpaired) electrons. The predicted molar refractivity (Wildman–Crippen MR) is 172 cm³/mol. The average molecular weight is 618 g/mol. The second-order valence-corrected chi connectivity index (χ2v) is 17.2. The molecule has 8 heteroatoms. The number of likely N-dealkylation sites (tertiary alicyclic amines) is 2. The summed E-state index contributed by atoms with van der Waals surface area (Å²) in [5.41, 5.74) is 2.34. The highest BCUT2D eigenvalue weighted by atomic mass is 16.3. The number of allylic oxidation sites excluding steroid dienone is 7. The van der Waals surface area contributed by atoms with Gasteiger partial charge in [0.2, 0.25) is 5.78 Å². The number of hydrogen-bond acceptors (Lipinski definition) is 6. The van der Waals surface area contributed by atoms with Crippen molar-refractivity contribution in [2.24, 2.45) is 33.5 Å². The van der Waals surface area contributed by atoms with E-state index in [0.29, 0.717) is 24.6 Å². The number of carbonyl (C=O) groups excluding carboxylic acids is 3. The summed E-state index contributed by atoms with van der Waals surface area (Å²) in [5.74, 6) is -1.21. The predicted octanol–water partition coefficient (Wildman–Crippen LogP) is 4.62. The van der Waals surface area contributed by atoms with Crippen molar-refractivity contribution in [1.29, 1.82) is 0 Å². The first-order valence-corrected chi connectivity index (χ1v) is 17.0. The molecule has 244 valence electrons. The molecule has 2 aliphatic heterocycles. The number of nitrogens with one attached hydrogen (secondary N) is 1. The number of carbonyl (C=O) groups is 3. The van der Waals surface area contributed by atoms with E-state index in [1.165, 1.54) is 5.57 Å². The van der Waals surface area contributed by atoms with Gasteiger partial charge in [-0.05, 0) is 105 Å². The van der Waals surface area contributed by atoms with E-state index in [2.05, 4.69) is 57.0 Å². The number of rotatable bonds is 1. The van der Waals surface area contributed by atoms with Gasteiger partial charge < -0.3 is 25.3 Å². The standard InChI is InChI=1S/C37H51N3O5/c1-22-24-8-9-27-34(4,25(24)16-26(41)29(22)42)13-15-36(6)28-17-33(3,12-10-32(28,2)11-14-35(27,36)5)38-30(43)31(44)40-19-23-18-39(7)20-37(23,45)21-40/h8-9,16,23,28,42,45H,10-15,17-21H2,1-7H3,(H,38,43)/t23-,28?,32-,33-,34+,35-,36+,37-/m1/s1. The van der Waals surface area contributed by atoms with E-state index in [4.69, 9.17) is 0 Å². The lowest BCUT2D eigenvalue weighted by Crippen LogP contribution is -2.65. The summed E-state index contributed by atoms with van der Waals surface area (Å²) in [4.78, 5) is 43.4. The van der Waals surface area contributed by atoms with Gasteiger partial charge in [0.15, 0.2) is 5.76 Å². The van der Waals surface area contributed by atoms with Gasteiger partial charge in [-0.15, -0.1) is 0 Å². The van der Waals surface area contributed by atoms with Crippen LogP contribution in [0.4, 0.5) is 0 Å². The van der Waals surface area contributed by atoms with Crippen molar-refractivity contribution in [2.75, 3.05) is 33.2 Å². The Morgan fingerprint density at radius 3 is 2.38 bits per heavy atom. The Balaban J connectivity index is 1.15. The third kappa shape index (κ3) is 4.13. The quantitative estimate of drug-likeness (QED) is 0.371. The second-order valence-electron chi connectivity index (χ2n) is 17.2. The lowest BCUT2D eigenvalue weighted by atomic mass is 9.35. The molecule has 0 bridgehead atoms. The molecule has 1 unspecified atom stereocenters. The zero-order valence-corrected chi connectivity index (χ0v) is 28.2. The maximum atomic E-state index is 13.5. The fourth-order valence-electron chi connectivity index (χ4n) is 11.5. The van der Waals surface area contributed by atoms with Gasteiger partial charge in [0.05, 0.1) is 6.54 Å². The van der Waals surface area contributed by atoms with Crippen LogP contribution in [0.25, 0.3) is 0 Å². The van der Waals surface area contributed by atoms with Gasteiger partial charge in [0, 0.05) is 42.1 Å². The number of hydrogen-bond donors (Lipinski definition) is 3. The first-order chi connectivity index (χ1) is 20.9. The molecule has 7 rings (SSSR count). The summed E-state index contributed by atoms with van der Waals surface area (Å²) in [6.45, 7) is 15.5. The number of ketones is 1. The Bertz CT molecular complexity index is 1540. The number of fused-ring (bicyclic) bond motifs is 8. The van der Waals surface area contributed by atoms with Crippen LogP contribution in [0, 0.1) is 33.5 Å². The highest BCUT2D eigenvalue weighted by Crippen LogP contribution is 2.75. The highest BCUT2D eigenvalue weighted by Gasteiger charge is 2.67. The first kappa shape index (κ1) is 30.9. The van der Waals surface area contributed by atoms with E-state index in [9.17, 15) is 24.6 Å². The Morgan fingerprint density at radius 1 is 0.956 bits per heavy atom. The fraction of sp³-hybridized carbons (Fsp3) is 0.703. The summed E-state index contributed by atoms with van der Waals surface area (Å²) in [6.07, 6.45) is 12.8. The van der Waals surface area contributed by atoms with E-state index in [1.54, 1.807) is 11.0 Å². The zero-order valence-electron chi connectivity index (χ0n) is 28.2. The number of aliphatic hydroxyl groups excluding tert-OH is 1. The van der Waals surface area contributed by atoms with E-state index in [1.807, 2.05) is 14.0 Å². The molecule has 0 aromatic carbocycles. The lowest BCUT2D eigenvalue weighted by Gasteiger charge is -2.70. The molecule has 0 aromatic rings. The summed E-state index contributed by atoms with van der Waals surface area (Å²) in [6, 6.07) is 0. The van der Waals surface area contributed by atoms with Gasteiger partial charge in [-0.1, -0.05) is 45.4 Å². The van der Waals surface area contributed by atoms with E-state index in [-0.39, 0.29) is 45.7 Å². The average Bonchev–Trinajstić information content (AvgIpc) is 3.43. The Kier molecular flexibility index (Phi) is 6.48. The minimum absolute atomic E-state index is 0.0183. The monoisotopic (exact) mass is 617 g/mol. The summed E-state index contributed by atoms with van der Waals surface area (Å²) >= 11 is 0. The van der Waals surface area contributed by atoms with Crippen molar-refractivity contribution < 1.29 is 24.6 Å². The number of aliphatic hydroxyl groups is 2. The van der Waals surface area contributed by atoms with Gasteiger partial charge in [0.25, 0.3) is 0 Å². The number of β-amino-alcohol motifs (C(OH)–C–C–N with tert-alkyl or cyclic N) is 1. The van der Waals surface area contributed by atoms with Gasteiger partial charge >= 0.3 is 11.8 Å². The maximum absolute atomic E-state index is 13.5. The van der Waals surface area contributed by atoms with Crippen LogP contribution < -0.4 is 5.32 Å². The van der Waals surface area contributed by atoms with Crippen molar-refractivity contribution in [2.45, 2.75) is 97.6 Å². The molecule has 3 N–H and O–H groups in total. The molecule has 2 amide bonds. The van der Waals surface area contributed by atoms with E-state index < -0.39 is 23.0 Å². The molecule has 2 heterocycles. The SMILES string of the molecule is CC1=C(O)C(=O)C=C2C1=CC=C1[C@@]2(C)CC[C@@]2(C)C3C[C@](C)(NC(=O)C(=O)N4C[C@H]5CN(C)C[C@@]5(O)C4)CC[C@]3(C)CC[C@]12C. The van der Waals surface area contributed by atoms with Gasteiger partial charge in [-0.3, -0.25) is 14.4 Å². The first-order valence-electron chi connectivity index (χ1n) is 17.0. The molecule has 8 nitrogen and oxygen atoms in total. The third-order valence-corrected chi connectivity index (χ3v) is 14.5. The Hall–Kier alpha value is -2.71. The zero-order chi connectivity index (χ0) is 32.5. The van der Waals surface area contributed by atoms with Crippen molar-refractivity contribution >= 4 is 17.6 Å². The van der Waals surface area contributed by atoms with Gasteiger partial charge in [-0.25, -0.2) is 0 Å². The molecule has 0 aromatic heterocycles. The van der Waals surface area contributed by atoms with Crippen molar-refractivity contribution in [1.82, 2.24) is 15.1 Å². The van der Waals surface area contributed by atoms with Crippen LogP contribution >= 0.6 is 0 Å². The number of amides is 2. The lowest BCUT2D eigenvalue weighted by molar-refractivity contribution is -0.159. The van der Waals surface area contributed by atoms with Gasteiger partial charge in [-0.2, -0.15) is 0 Å². The van der Waals surface area contributed by atoms with Crippen molar-refractivity contribution in [3.63, 3.8) is 0 Å². The number of likely N-dealkylation sites (N-methyl/N-ethyl adjacent to an activating group) is 1. The molecular weight excluding hydrogens is 566 g/mol.